The molecule has 2 N–H and O–H groups in total. The highest BCUT2D eigenvalue weighted by Crippen LogP contribution is 2.27. The van der Waals surface area contributed by atoms with Crippen molar-refractivity contribution in [2.75, 3.05) is 13.1 Å². The third kappa shape index (κ3) is 4.11. The summed E-state index contributed by atoms with van der Waals surface area (Å²) in [6.45, 7) is 5.89. The lowest BCUT2D eigenvalue weighted by molar-refractivity contribution is 0.0940. The van der Waals surface area contributed by atoms with Gasteiger partial charge in [-0.2, -0.15) is 5.10 Å². The maximum Gasteiger partial charge on any atom is 0.255 e. The lowest BCUT2D eigenvalue weighted by Crippen LogP contribution is -2.36. The zero-order valence-electron chi connectivity index (χ0n) is 16.1. The molecule has 6 heteroatoms. The molecule has 0 aliphatic carbocycles. The summed E-state index contributed by atoms with van der Waals surface area (Å²) in [6.07, 6.45) is 2.79. The van der Waals surface area contributed by atoms with E-state index in [9.17, 15) is 4.79 Å². The Kier molecular flexibility index (Phi) is 6.17. The predicted octanol–water partition coefficient (Wildman–Crippen LogP) is 3.67. The second-order valence-electron chi connectivity index (χ2n) is 7.15. The van der Waals surface area contributed by atoms with Crippen molar-refractivity contribution >= 4 is 18.3 Å². The smallest absolute Gasteiger partial charge is 0.255 e. The quantitative estimate of drug-likeness (QED) is 0.707. The summed E-state index contributed by atoms with van der Waals surface area (Å²) in [6, 6.07) is 16.3. The van der Waals surface area contributed by atoms with Gasteiger partial charge < -0.3 is 10.6 Å². The number of nitrogens with zero attached hydrogens (tertiary/aromatic N) is 2. The molecule has 0 spiro atoms. The molecule has 1 aliphatic heterocycles. The average Bonchev–Trinajstić information content (AvgIpc) is 3.32. The highest BCUT2D eigenvalue weighted by Gasteiger charge is 2.23. The van der Waals surface area contributed by atoms with Gasteiger partial charge in [0, 0.05) is 24.3 Å². The van der Waals surface area contributed by atoms with Gasteiger partial charge in [-0.25, -0.2) is 4.68 Å². The lowest BCUT2D eigenvalue weighted by Gasteiger charge is -2.12. The van der Waals surface area contributed by atoms with Crippen LogP contribution in [0.25, 0.3) is 16.9 Å². The summed E-state index contributed by atoms with van der Waals surface area (Å²) in [7, 11) is 0. The number of rotatable bonds is 4. The van der Waals surface area contributed by atoms with Crippen LogP contribution in [0.3, 0.4) is 0 Å². The summed E-state index contributed by atoms with van der Waals surface area (Å²) in [5.74, 6) is -0.0687. The zero-order valence-corrected chi connectivity index (χ0v) is 16.9. The van der Waals surface area contributed by atoms with Crippen LogP contribution in [-0.2, 0) is 0 Å². The molecule has 1 saturated heterocycles. The molecule has 28 heavy (non-hydrogen) atoms. The molecule has 2 aromatic carbocycles. The van der Waals surface area contributed by atoms with Crippen LogP contribution >= 0.6 is 12.4 Å². The van der Waals surface area contributed by atoms with Crippen molar-refractivity contribution < 1.29 is 4.79 Å². The van der Waals surface area contributed by atoms with Crippen LogP contribution in [0.5, 0.6) is 0 Å². The van der Waals surface area contributed by atoms with Gasteiger partial charge >= 0.3 is 0 Å². The molecule has 146 valence electrons. The van der Waals surface area contributed by atoms with E-state index in [0.29, 0.717) is 5.56 Å². The van der Waals surface area contributed by atoms with E-state index in [4.69, 9.17) is 5.10 Å². The number of aromatic nitrogens is 2. The molecular formula is C22H25ClN4O. The molecule has 3 aromatic rings. The minimum absolute atomic E-state index is 0. The fraction of sp³-hybridized carbons (Fsp3) is 0.273. The summed E-state index contributed by atoms with van der Waals surface area (Å²) in [5, 5.41) is 11.2. The first-order valence-electron chi connectivity index (χ1n) is 9.36. The lowest BCUT2D eigenvalue weighted by atomic mass is 10.0. The van der Waals surface area contributed by atoms with Gasteiger partial charge in [0.25, 0.3) is 5.91 Å². The molecule has 1 fully saturated rings. The summed E-state index contributed by atoms with van der Waals surface area (Å²) in [5.41, 5.74) is 5.57. The number of amides is 1. The highest BCUT2D eigenvalue weighted by molar-refractivity contribution is 6.00. The normalized spacial score (nSPS) is 15.9. The Morgan fingerprint density at radius 3 is 2.64 bits per heavy atom. The van der Waals surface area contributed by atoms with Gasteiger partial charge in [-0.1, -0.05) is 42.0 Å². The molecular weight excluding hydrogens is 372 g/mol. The summed E-state index contributed by atoms with van der Waals surface area (Å²) < 4.78 is 1.79. The van der Waals surface area contributed by atoms with E-state index in [2.05, 4.69) is 42.7 Å². The third-order valence-corrected chi connectivity index (χ3v) is 5.01. The van der Waals surface area contributed by atoms with E-state index in [-0.39, 0.29) is 24.4 Å². The van der Waals surface area contributed by atoms with Crippen LogP contribution in [0.15, 0.2) is 54.7 Å². The molecule has 0 saturated carbocycles. The van der Waals surface area contributed by atoms with Crippen LogP contribution in [-0.4, -0.2) is 34.8 Å². The van der Waals surface area contributed by atoms with Crippen molar-refractivity contribution in [2.24, 2.45) is 0 Å². The van der Waals surface area contributed by atoms with E-state index >= 15 is 0 Å². The van der Waals surface area contributed by atoms with Crippen LogP contribution in [0, 0.1) is 13.8 Å². The number of hydrogen-bond acceptors (Lipinski definition) is 3. The number of benzene rings is 2. The minimum atomic E-state index is -0.0687. The number of nitrogens with one attached hydrogen (secondary N) is 2. The number of hydrogen-bond donors (Lipinski definition) is 2. The minimum Gasteiger partial charge on any atom is -0.348 e. The first-order chi connectivity index (χ1) is 13.1. The molecule has 0 bridgehead atoms. The fourth-order valence-corrected chi connectivity index (χ4v) is 3.57. The Labute approximate surface area is 171 Å². The Hall–Kier alpha value is -2.63. The van der Waals surface area contributed by atoms with Crippen molar-refractivity contribution in [3.05, 3.63) is 71.4 Å². The van der Waals surface area contributed by atoms with Crippen molar-refractivity contribution in [3.63, 3.8) is 0 Å². The standard InChI is InChI=1S/C22H24N4O.ClH/c1-15-8-9-19(16(2)12-15)21-20(22(27)24-17-10-11-23-13-17)14-26(25-21)18-6-4-3-5-7-18;/h3-9,12,14,17,23H,10-11,13H2,1-2H3,(H,24,27);1H. The van der Waals surface area contributed by atoms with E-state index in [1.54, 1.807) is 4.68 Å². The van der Waals surface area contributed by atoms with E-state index in [1.807, 2.05) is 36.5 Å². The number of halogens is 1. The summed E-state index contributed by atoms with van der Waals surface area (Å²) >= 11 is 0. The average molecular weight is 397 g/mol. The van der Waals surface area contributed by atoms with Crippen LogP contribution in [0.1, 0.15) is 27.9 Å². The van der Waals surface area contributed by atoms with Crippen molar-refractivity contribution in [1.82, 2.24) is 20.4 Å². The van der Waals surface area contributed by atoms with Crippen LogP contribution in [0.4, 0.5) is 0 Å². The Morgan fingerprint density at radius 1 is 1.18 bits per heavy atom. The van der Waals surface area contributed by atoms with E-state index < -0.39 is 0 Å². The Morgan fingerprint density at radius 2 is 1.96 bits per heavy atom. The summed E-state index contributed by atoms with van der Waals surface area (Å²) in [4.78, 5) is 13.0. The maximum atomic E-state index is 13.0. The number of para-hydroxylation sites is 1. The van der Waals surface area contributed by atoms with Gasteiger partial charge in [-0.3, -0.25) is 4.79 Å². The molecule has 1 unspecified atom stereocenters. The molecule has 1 amide bonds. The SMILES string of the molecule is Cc1ccc(-c2nn(-c3ccccc3)cc2C(=O)NC2CCNC2)c(C)c1.Cl. The van der Waals surface area contributed by atoms with E-state index in [0.717, 1.165) is 42.0 Å². The number of aryl methyl sites for hydroxylation is 2. The van der Waals surface area contributed by atoms with Gasteiger partial charge in [0.2, 0.25) is 0 Å². The molecule has 1 aromatic heterocycles. The van der Waals surface area contributed by atoms with Crippen molar-refractivity contribution in [3.8, 4) is 16.9 Å². The molecule has 5 nitrogen and oxygen atoms in total. The van der Waals surface area contributed by atoms with Gasteiger partial charge in [0.1, 0.15) is 5.69 Å². The number of carbonyl (C=O) groups excluding carboxylic acids is 1. The Balaban J connectivity index is 0.00000225. The first-order valence-corrected chi connectivity index (χ1v) is 9.36. The molecule has 2 heterocycles. The maximum absolute atomic E-state index is 13.0. The fourth-order valence-electron chi connectivity index (χ4n) is 3.57. The molecule has 0 radical (unpaired) electrons. The first kappa shape index (κ1) is 20.1. The topological polar surface area (TPSA) is 59.0 Å². The predicted molar refractivity (Wildman–Crippen MR) is 114 cm³/mol. The largest absolute Gasteiger partial charge is 0.348 e. The Bertz CT molecular complexity index is 962. The highest BCUT2D eigenvalue weighted by atomic mass is 35.5. The second kappa shape index (κ2) is 8.59. The van der Waals surface area contributed by atoms with E-state index in [1.165, 1.54) is 5.56 Å². The van der Waals surface area contributed by atoms with Crippen LogP contribution < -0.4 is 10.6 Å². The number of carbonyl (C=O) groups is 1. The monoisotopic (exact) mass is 396 g/mol. The van der Waals surface area contributed by atoms with Crippen molar-refractivity contribution in [1.29, 1.82) is 0 Å². The van der Waals surface area contributed by atoms with Gasteiger partial charge in [0.15, 0.2) is 0 Å². The second-order valence-corrected chi connectivity index (χ2v) is 7.15. The van der Waals surface area contributed by atoms with Gasteiger partial charge in [0.05, 0.1) is 11.3 Å². The molecule has 1 atom stereocenters. The third-order valence-electron chi connectivity index (χ3n) is 5.01. The van der Waals surface area contributed by atoms with Gasteiger partial charge in [-0.15, -0.1) is 12.4 Å². The van der Waals surface area contributed by atoms with Crippen molar-refractivity contribution in [2.45, 2.75) is 26.3 Å². The molecule has 4 rings (SSSR count). The zero-order chi connectivity index (χ0) is 18.8. The molecule has 1 aliphatic rings. The van der Waals surface area contributed by atoms with Crippen LogP contribution in [0.2, 0.25) is 0 Å². The van der Waals surface area contributed by atoms with Gasteiger partial charge in [-0.05, 0) is 44.5 Å².